The van der Waals surface area contributed by atoms with Gasteiger partial charge in [-0.05, 0) is 74.3 Å². The lowest BCUT2D eigenvalue weighted by molar-refractivity contribution is -0.203. The van der Waals surface area contributed by atoms with E-state index in [1.54, 1.807) is 53.7 Å². The number of rotatable bonds is 9. The number of allylic oxidation sites excluding steroid dienone is 2. The molecule has 1 heterocycles. The Kier molecular flexibility index (Phi) is 10.8. The minimum absolute atomic E-state index is 0.103. The van der Waals surface area contributed by atoms with Crippen LogP contribution in [0.5, 0.6) is 0 Å². The van der Waals surface area contributed by atoms with E-state index in [2.05, 4.69) is 6.58 Å². The highest BCUT2D eigenvalue weighted by atomic mass is 35.5. The Labute approximate surface area is 242 Å². The first-order chi connectivity index (χ1) is 18.3. The third kappa shape index (κ3) is 7.75. The van der Waals surface area contributed by atoms with E-state index in [9.17, 15) is 19.5 Å². The van der Waals surface area contributed by atoms with Crippen molar-refractivity contribution in [1.29, 1.82) is 0 Å². The first-order valence-corrected chi connectivity index (χ1v) is 14.0. The quantitative estimate of drug-likeness (QED) is 0.132. The van der Waals surface area contributed by atoms with E-state index in [1.807, 2.05) is 13.8 Å². The topological polar surface area (TPSA) is 118 Å². The predicted molar refractivity (Wildman–Crippen MR) is 150 cm³/mol. The number of aliphatic hydroxyl groups is 1. The molecule has 0 aromatic rings. The van der Waals surface area contributed by atoms with Gasteiger partial charge in [-0.15, -0.1) is 11.6 Å². The normalized spacial score (nSPS) is 32.6. The molecule has 9 nitrogen and oxygen atoms in total. The summed E-state index contributed by atoms with van der Waals surface area (Å²) in [4.78, 5) is 38.0. The zero-order valence-corrected chi connectivity index (χ0v) is 26.1. The molecule has 1 saturated carbocycles. The third-order valence-corrected chi connectivity index (χ3v) is 8.31. The summed E-state index contributed by atoms with van der Waals surface area (Å²) in [5.74, 6) is -3.50. The molecule has 40 heavy (non-hydrogen) atoms. The molecule has 1 aliphatic heterocycles. The van der Waals surface area contributed by atoms with Gasteiger partial charge in [0.05, 0.1) is 17.1 Å². The second-order valence-electron chi connectivity index (χ2n) is 11.8. The first kappa shape index (κ1) is 34.0. The molecule has 2 aliphatic rings. The Hall–Kier alpha value is -2.20. The maximum Gasteiger partial charge on any atom is 0.333 e. The Bertz CT molecular complexity index is 1060. The van der Waals surface area contributed by atoms with E-state index >= 15 is 0 Å². The monoisotopic (exact) mass is 584 g/mol. The Morgan fingerprint density at radius 2 is 1.57 bits per heavy atom. The fraction of sp³-hybridized carbons (Fsp3) is 0.700. The van der Waals surface area contributed by atoms with Crippen molar-refractivity contribution >= 4 is 29.5 Å². The van der Waals surface area contributed by atoms with Crippen LogP contribution in [0.25, 0.3) is 0 Å². The fourth-order valence-electron chi connectivity index (χ4n) is 5.11. The number of carbonyl (C=O) groups excluding carboxylic acids is 3. The van der Waals surface area contributed by atoms with Crippen molar-refractivity contribution in [2.45, 2.75) is 129 Å². The van der Waals surface area contributed by atoms with Gasteiger partial charge in [0.25, 0.3) is 0 Å². The fourth-order valence-corrected chi connectivity index (χ4v) is 5.43. The minimum atomic E-state index is -1.74. The number of ether oxygens (including phenoxy) is 5. The standard InChI is InChI=1S/C30H45ClO9/c1-12-16(3)26(33)37-21(15-23-28(7,8)40-29(9,10)39-23)18(5)20-14-22(31)30(11,35)25(36-19(6)32)24(20)38-27(34)17(4)13-2/h12-13,20-25,35H,5,14-15H2,1-4,6-11H3/b16-12-,17-13-/t20-,21+,22+,23-,24+,25+,30-/m0/s1. The lowest BCUT2D eigenvalue weighted by atomic mass is 9.70. The van der Waals surface area contributed by atoms with Gasteiger partial charge < -0.3 is 28.8 Å². The van der Waals surface area contributed by atoms with Crippen molar-refractivity contribution in [2.24, 2.45) is 5.92 Å². The maximum absolute atomic E-state index is 13.0. The summed E-state index contributed by atoms with van der Waals surface area (Å²) in [6.45, 7) is 20.9. The van der Waals surface area contributed by atoms with Crippen LogP contribution in [-0.2, 0) is 38.1 Å². The molecular weight excluding hydrogens is 540 g/mol. The Morgan fingerprint density at radius 1 is 1.02 bits per heavy atom. The molecule has 0 amide bonds. The Balaban J connectivity index is 2.58. The highest BCUT2D eigenvalue weighted by molar-refractivity contribution is 6.21. The van der Waals surface area contributed by atoms with Crippen LogP contribution >= 0.6 is 11.6 Å². The number of carbonyl (C=O) groups is 3. The Morgan fingerprint density at radius 3 is 2.05 bits per heavy atom. The van der Waals surface area contributed by atoms with Gasteiger partial charge in [0.15, 0.2) is 11.9 Å². The van der Waals surface area contributed by atoms with Crippen LogP contribution in [0.4, 0.5) is 0 Å². The van der Waals surface area contributed by atoms with Crippen molar-refractivity contribution in [2.75, 3.05) is 0 Å². The van der Waals surface area contributed by atoms with Gasteiger partial charge in [0.2, 0.25) is 0 Å². The van der Waals surface area contributed by atoms with E-state index in [-0.39, 0.29) is 12.8 Å². The maximum atomic E-state index is 13.0. The summed E-state index contributed by atoms with van der Waals surface area (Å²) in [5, 5.41) is 10.4. The molecule has 2 rings (SSSR count). The smallest absolute Gasteiger partial charge is 0.333 e. The summed E-state index contributed by atoms with van der Waals surface area (Å²) in [6.07, 6.45) is -0.372. The van der Waals surface area contributed by atoms with Gasteiger partial charge in [0.1, 0.15) is 17.8 Å². The summed E-state index contributed by atoms with van der Waals surface area (Å²) < 4.78 is 29.6. The second kappa shape index (κ2) is 12.8. The average molecular weight is 585 g/mol. The SMILES string of the molecule is C=C([C@@H](C[C@@H]1OC(C)(C)OC1(C)C)OC(=O)/C(C)=C\C)[C@@H]1C[C@@H](Cl)[C@](C)(O)[C@H](OC(C)=O)[C@@H]1OC(=O)/C(C)=C\C. The van der Waals surface area contributed by atoms with Crippen LogP contribution in [0.1, 0.15) is 82.1 Å². The molecule has 0 aromatic carbocycles. The average Bonchev–Trinajstić information content (AvgIpc) is 3.06. The van der Waals surface area contributed by atoms with Gasteiger partial charge >= 0.3 is 17.9 Å². The van der Waals surface area contributed by atoms with Crippen molar-refractivity contribution in [1.82, 2.24) is 0 Å². The van der Waals surface area contributed by atoms with Gasteiger partial charge in [-0.3, -0.25) is 4.79 Å². The van der Waals surface area contributed by atoms with Crippen molar-refractivity contribution in [3.8, 4) is 0 Å². The lowest BCUT2D eigenvalue weighted by Gasteiger charge is -2.48. The van der Waals surface area contributed by atoms with Crippen molar-refractivity contribution < 1.29 is 43.2 Å². The molecule has 0 radical (unpaired) electrons. The molecule has 2 fully saturated rings. The van der Waals surface area contributed by atoms with E-state index in [1.165, 1.54) is 13.8 Å². The molecule has 0 aromatic heterocycles. The molecule has 0 spiro atoms. The summed E-state index contributed by atoms with van der Waals surface area (Å²) in [5.41, 5.74) is -1.35. The van der Waals surface area contributed by atoms with Crippen LogP contribution in [0, 0.1) is 5.92 Å². The van der Waals surface area contributed by atoms with E-state index in [0.717, 1.165) is 0 Å². The second-order valence-corrected chi connectivity index (χ2v) is 12.3. The molecule has 0 unspecified atom stereocenters. The van der Waals surface area contributed by atoms with Crippen LogP contribution in [0.2, 0.25) is 0 Å². The zero-order valence-electron chi connectivity index (χ0n) is 25.3. The van der Waals surface area contributed by atoms with Crippen LogP contribution in [0.15, 0.2) is 35.5 Å². The first-order valence-electron chi connectivity index (χ1n) is 13.6. The van der Waals surface area contributed by atoms with E-state index < -0.39 is 70.6 Å². The van der Waals surface area contributed by atoms with Gasteiger partial charge in [0, 0.05) is 30.4 Å². The highest BCUT2D eigenvalue weighted by Gasteiger charge is 2.57. The van der Waals surface area contributed by atoms with E-state index in [0.29, 0.717) is 16.7 Å². The van der Waals surface area contributed by atoms with Crippen LogP contribution < -0.4 is 0 Å². The summed E-state index contributed by atoms with van der Waals surface area (Å²) in [6, 6.07) is 0. The molecule has 1 saturated heterocycles. The summed E-state index contributed by atoms with van der Waals surface area (Å²) in [7, 11) is 0. The molecule has 226 valence electrons. The molecule has 10 heteroatoms. The zero-order chi connectivity index (χ0) is 30.8. The van der Waals surface area contributed by atoms with Crippen molar-refractivity contribution in [3.63, 3.8) is 0 Å². The van der Waals surface area contributed by atoms with Crippen LogP contribution in [0.3, 0.4) is 0 Å². The molecular formula is C30H45ClO9. The number of alkyl halides is 1. The molecule has 1 N–H and O–H groups in total. The van der Waals surface area contributed by atoms with Gasteiger partial charge in [-0.1, -0.05) is 18.7 Å². The number of hydrogen-bond acceptors (Lipinski definition) is 9. The van der Waals surface area contributed by atoms with Gasteiger partial charge in [-0.2, -0.15) is 0 Å². The third-order valence-electron chi connectivity index (χ3n) is 7.69. The largest absolute Gasteiger partial charge is 0.455 e. The highest BCUT2D eigenvalue weighted by Crippen LogP contribution is 2.45. The lowest BCUT2D eigenvalue weighted by Crippen LogP contribution is -2.63. The molecule has 0 bridgehead atoms. The summed E-state index contributed by atoms with van der Waals surface area (Å²) >= 11 is 6.66. The molecule has 1 aliphatic carbocycles. The number of halogens is 1. The molecule has 7 atom stereocenters. The van der Waals surface area contributed by atoms with Crippen LogP contribution in [-0.4, -0.2) is 69.8 Å². The minimum Gasteiger partial charge on any atom is -0.455 e. The van der Waals surface area contributed by atoms with Crippen molar-refractivity contribution in [3.05, 3.63) is 35.5 Å². The number of hydrogen-bond donors (Lipinski definition) is 1. The van der Waals surface area contributed by atoms with Gasteiger partial charge in [-0.25, -0.2) is 9.59 Å². The van der Waals surface area contributed by atoms with E-state index in [4.69, 9.17) is 35.3 Å². The number of esters is 3. The predicted octanol–water partition coefficient (Wildman–Crippen LogP) is 4.93.